The number of nitrogens with one attached hydrogen (secondary N) is 1. The summed E-state index contributed by atoms with van der Waals surface area (Å²) in [5, 5.41) is 11.2. The second-order valence-corrected chi connectivity index (χ2v) is 6.01. The summed E-state index contributed by atoms with van der Waals surface area (Å²) in [7, 11) is 0. The Morgan fingerprint density at radius 2 is 2.19 bits per heavy atom. The molecule has 0 saturated heterocycles. The van der Waals surface area contributed by atoms with Gasteiger partial charge in [0.2, 0.25) is 0 Å². The molecule has 1 N–H and O–H groups in total. The number of fused-ring (bicyclic) bond motifs is 1. The molecule has 3 aromatic rings. The van der Waals surface area contributed by atoms with Crippen molar-refractivity contribution >= 4 is 22.8 Å². The van der Waals surface area contributed by atoms with Gasteiger partial charge >= 0.3 is 0 Å². The molecule has 0 aliphatic carbocycles. The van der Waals surface area contributed by atoms with Crippen LogP contribution >= 0.6 is 11.3 Å². The van der Waals surface area contributed by atoms with Crippen molar-refractivity contribution in [2.45, 2.75) is 33.6 Å². The number of hydrogen-bond acceptors (Lipinski definition) is 5. The van der Waals surface area contributed by atoms with Crippen LogP contribution < -0.4 is 5.32 Å². The lowest BCUT2D eigenvalue weighted by molar-refractivity contribution is 0.880. The Balaban J connectivity index is 1.87. The second-order valence-electron chi connectivity index (χ2n) is 5.03. The molecule has 0 amide bonds. The third kappa shape index (κ3) is 2.76. The Morgan fingerprint density at radius 3 is 2.90 bits per heavy atom. The molecule has 0 saturated carbocycles. The molecule has 0 spiro atoms. The van der Waals surface area contributed by atoms with E-state index in [1.54, 1.807) is 11.3 Å². The zero-order valence-corrected chi connectivity index (χ0v) is 13.4. The quantitative estimate of drug-likeness (QED) is 0.787. The summed E-state index contributed by atoms with van der Waals surface area (Å²) in [6, 6.07) is 2.08. The molecule has 21 heavy (non-hydrogen) atoms. The van der Waals surface area contributed by atoms with Crippen molar-refractivity contribution in [1.29, 1.82) is 0 Å². The van der Waals surface area contributed by atoms with Crippen molar-refractivity contribution in [3.63, 3.8) is 0 Å². The molecule has 0 radical (unpaired) electrons. The van der Waals surface area contributed by atoms with Crippen LogP contribution in [0.1, 0.15) is 28.9 Å². The van der Waals surface area contributed by atoms with E-state index in [0.717, 1.165) is 52.8 Å². The van der Waals surface area contributed by atoms with Gasteiger partial charge in [0.1, 0.15) is 5.82 Å². The molecule has 110 valence electrons. The van der Waals surface area contributed by atoms with Crippen LogP contribution in [0.25, 0.3) is 5.65 Å². The van der Waals surface area contributed by atoms with Gasteiger partial charge in [-0.3, -0.25) is 0 Å². The van der Waals surface area contributed by atoms with Crippen LogP contribution in [-0.2, 0) is 12.8 Å². The van der Waals surface area contributed by atoms with Crippen molar-refractivity contribution in [3.05, 3.63) is 39.6 Å². The monoisotopic (exact) mass is 301 g/mol. The first-order valence-electron chi connectivity index (χ1n) is 7.17. The minimum absolute atomic E-state index is 0.841. The lowest BCUT2D eigenvalue weighted by Gasteiger charge is -2.09. The SMILES string of the molecule is CCc1cc(NCCc2nccs2)n2nc(C)c(C)c2n1. The summed E-state index contributed by atoms with van der Waals surface area (Å²) in [6.45, 7) is 7.06. The van der Waals surface area contributed by atoms with Gasteiger partial charge in [-0.15, -0.1) is 11.3 Å². The van der Waals surface area contributed by atoms with Gasteiger partial charge in [0.05, 0.1) is 10.7 Å². The molecule has 0 aromatic carbocycles. The third-order valence-corrected chi connectivity index (χ3v) is 4.44. The predicted molar refractivity (Wildman–Crippen MR) is 86.1 cm³/mol. The van der Waals surface area contributed by atoms with Crippen LogP contribution in [0.5, 0.6) is 0 Å². The van der Waals surface area contributed by atoms with Gasteiger partial charge in [0.15, 0.2) is 5.65 Å². The van der Waals surface area contributed by atoms with E-state index < -0.39 is 0 Å². The number of aromatic nitrogens is 4. The van der Waals surface area contributed by atoms with E-state index in [-0.39, 0.29) is 0 Å². The van der Waals surface area contributed by atoms with Crippen molar-refractivity contribution in [3.8, 4) is 0 Å². The zero-order valence-electron chi connectivity index (χ0n) is 12.6. The average molecular weight is 301 g/mol. The average Bonchev–Trinajstić information content (AvgIpc) is 3.09. The summed E-state index contributed by atoms with van der Waals surface area (Å²) in [4.78, 5) is 8.99. The van der Waals surface area contributed by atoms with Crippen LogP contribution in [0.3, 0.4) is 0 Å². The van der Waals surface area contributed by atoms with Gasteiger partial charge in [-0.05, 0) is 20.3 Å². The highest BCUT2D eigenvalue weighted by Gasteiger charge is 2.11. The molecule has 3 aromatic heterocycles. The van der Waals surface area contributed by atoms with Crippen molar-refractivity contribution < 1.29 is 0 Å². The van der Waals surface area contributed by atoms with Gasteiger partial charge in [0, 0.05) is 41.9 Å². The highest BCUT2D eigenvalue weighted by atomic mass is 32.1. The topological polar surface area (TPSA) is 55.1 Å². The number of aryl methyl sites for hydroxylation is 3. The summed E-state index contributed by atoms with van der Waals surface area (Å²) >= 11 is 1.69. The fraction of sp³-hybridized carbons (Fsp3) is 0.400. The zero-order chi connectivity index (χ0) is 14.8. The Morgan fingerprint density at radius 1 is 1.33 bits per heavy atom. The fourth-order valence-electron chi connectivity index (χ4n) is 2.26. The lowest BCUT2D eigenvalue weighted by Crippen LogP contribution is -2.10. The number of hydrogen-bond donors (Lipinski definition) is 1. The smallest absolute Gasteiger partial charge is 0.160 e. The standard InChI is InChI=1S/C15H19N5S/c1-4-12-9-13(16-6-5-14-17-7-8-21-14)20-15(18-12)10(2)11(3)19-20/h7-9,16H,4-6H2,1-3H3. The molecule has 0 unspecified atom stereocenters. The van der Waals surface area contributed by atoms with E-state index in [0.29, 0.717) is 0 Å². The molecule has 6 heteroatoms. The Hall–Kier alpha value is -1.95. The van der Waals surface area contributed by atoms with Crippen molar-refractivity contribution in [1.82, 2.24) is 19.6 Å². The summed E-state index contributed by atoms with van der Waals surface area (Å²) < 4.78 is 1.91. The maximum Gasteiger partial charge on any atom is 0.160 e. The van der Waals surface area contributed by atoms with Crippen LogP contribution in [0, 0.1) is 13.8 Å². The van der Waals surface area contributed by atoms with E-state index in [1.807, 2.05) is 23.0 Å². The third-order valence-electron chi connectivity index (χ3n) is 3.60. The fourth-order valence-corrected chi connectivity index (χ4v) is 2.88. The van der Waals surface area contributed by atoms with Gasteiger partial charge in [-0.2, -0.15) is 9.61 Å². The highest BCUT2D eigenvalue weighted by molar-refractivity contribution is 7.09. The molecule has 0 fully saturated rings. The van der Waals surface area contributed by atoms with E-state index in [4.69, 9.17) is 0 Å². The molecule has 3 rings (SSSR count). The first-order chi connectivity index (χ1) is 10.2. The molecular formula is C15H19N5S. The highest BCUT2D eigenvalue weighted by Crippen LogP contribution is 2.19. The molecule has 0 atom stereocenters. The normalized spacial score (nSPS) is 11.2. The largest absolute Gasteiger partial charge is 0.369 e. The lowest BCUT2D eigenvalue weighted by atomic mass is 10.2. The van der Waals surface area contributed by atoms with Crippen LogP contribution in [-0.4, -0.2) is 26.1 Å². The summed E-state index contributed by atoms with van der Waals surface area (Å²) in [5.74, 6) is 1.00. The van der Waals surface area contributed by atoms with Gasteiger partial charge in [-0.25, -0.2) is 9.97 Å². The van der Waals surface area contributed by atoms with E-state index >= 15 is 0 Å². The van der Waals surface area contributed by atoms with E-state index in [9.17, 15) is 0 Å². The second kappa shape index (κ2) is 5.81. The van der Waals surface area contributed by atoms with Crippen LogP contribution in [0.15, 0.2) is 17.6 Å². The van der Waals surface area contributed by atoms with E-state index in [1.165, 1.54) is 0 Å². The first kappa shape index (κ1) is 14.0. The van der Waals surface area contributed by atoms with Crippen LogP contribution in [0.2, 0.25) is 0 Å². The number of nitrogens with zero attached hydrogens (tertiary/aromatic N) is 4. The number of rotatable bonds is 5. The first-order valence-corrected chi connectivity index (χ1v) is 8.05. The minimum Gasteiger partial charge on any atom is -0.369 e. The van der Waals surface area contributed by atoms with Crippen LogP contribution in [0.4, 0.5) is 5.82 Å². The maximum absolute atomic E-state index is 4.68. The number of thiazole rings is 1. The molecule has 3 heterocycles. The van der Waals surface area contributed by atoms with Crippen molar-refractivity contribution in [2.24, 2.45) is 0 Å². The molecular weight excluding hydrogens is 282 g/mol. The Kier molecular flexibility index (Phi) is 3.88. The Bertz CT molecular complexity index is 745. The predicted octanol–water partition coefficient (Wildman–Crippen LogP) is 3.02. The minimum atomic E-state index is 0.841. The van der Waals surface area contributed by atoms with Crippen molar-refractivity contribution in [2.75, 3.05) is 11.9 Å². The molecule has 0 bridgehead atoms. The maximum atomic E-state index is 4.68. The molecule has 0 aliphatic heterocycles. The van der Waals surface area contributed by atoms with Gasteiger partial charge in [0.25, 0.3) is 0 Å². The van der Waals surface area contributed by atoms with Gasteiger partial charge < -0.3 is 5.32 Å². The van der Waals surface area contributed by atoms with Gasteiger partial charge in [-0.1, -0.05) is 6.92 Å². The summed E-state index contributed by atoms with van der Waals surface area (Å²) in [5.41, 5.74) is 4.21. The number of anilines is 1. The Labute approximate surface area is 128 Å². The molecule has 5 nitrogen and oxygen atoms in total. The molecule has 0 aliphatic rings. The summed E-state index contributed by atoms with van der Waals surface area (Å²) in [6.07, 6.45) is 3.68. The van der Waals surface area contributed by atoms with E-state index in [2.05, 4.69) is 40.3 Å².